The minimum atomic E-state index is -0.819. The van der Waals surface area contributed by atoms with Gasteiger partial charge in [-0.2, -0.15) is 0 Å². The molecule has 0 aliphatic carbocycles. The van der Waals surface area contributed by atoms with E-state index in [-0.39, 0.29) is 6.61 Å². The zero-order valence-electron chi connectivity index (χ0n) is 12.2. The molecule has 4 nitrogen and oxygen atoms in total. The van der Waals surface area contributed by atoms with Gasteiger partial charge in [0.2, 0.25) is 0 Å². The third-order valence-electron chi connectivity index (χ3n) is 3.56. The largest absolute Gasteiger partial charge is 0.459 e. The highest BCUT2D eigenvalue weighted by molar-refractivity contribution is 14.1. The van der Waals surface area contributed by atoms with Crippen molar-refractivity contribution in [2.75, 3.05) is 6.61 Å². The molecule has 0 aliphatic rings. The van der Waals surface area contributed by atoms with Crippen molar-refractivity contribution < 1.29 is 14.3 Å². The maximum absolute atomic E-state index is 12.2. The number of Topliss-reactive ketones (excluding diaryl/α,β-unsaturated/α-hetero) is 1. The highest BCUT2D eigenvalue weighted by Crippen LogP contribution is 2.18. The zero-order chi connectivity index (χ0) is 16.2. The lowest BCUT2D eigenvalue weighted by atomic mass is 10.1. The summed E-state index contributed by atoms with van der Waals surface area (Å²) in [5.74, 6) is -1.44. The number of ether oxygens (including phenoxy) is 1. The van der Waals surface area contributed by atoms with Gasteiger partial charge in [-0.3, -0.25) is 4.79 Å². The van der Waals surface area contributed by atoms with Crippen LogP contribution in [0.1, 0.15) is 15.9 Å². The van der Waals surface area contributed by atoms with Crippen molar-refractivity contribution in [1.82, 2.24) is 4.98 Å². The van der Waals surface area contributed by atoms with Crippen LogP contribution in [0, 0.1) is 3.57 Å². The second-order valence-electron chi connectivity index (χ2n) is 5.09. The Morgan fingerprint density at radius 2 is 1.78 bits per heavy atom. The third-order valence-corrected chi connectivity index (χ3v) is 4.28. The van der Waals surface area contributed by atoms with Gasteiger partial charge < -0.3 is 9.72 Å². The van der Waals surface area contributed by atoms with Crippen molar-refractivity contribution in [2.24, 2.45) is 0 Å². The molecule has 0 amide bonds. The molecule has 2 aromatic carbocycles. The summed E-state index contributed by atoms with van der Waals surface area (Å²) in [6.07, 6.45) is 2.14. The van der Waals surface area contributed by atoms with E-state index in [0.29, 0.717) is 12.0 Å². The van der Waals surface area contributed by atoms with Crippen molar-refractivity contribution in [2.45, 2.75) is 6.42 Å². The number of aromatic nitrogens is 1. The number of halogens is 1. The van der Waals surface area contributed by atoms with E-state index in [1.807, 2.05) is 42.5 Å². The highest BCUT2D eigenvalue weighted by Gasteiger charge is 2.21. The minimum absolute atomic E-state index is 0.188. The molecular weight excluding hydrogens is 405 g/mol. The number of aromatic amines is 1. The van der Waals surface area contributed by atoms with Gasteiger partial charge >= 0.3 is 5.97 Å². The molecule has 0 saturated heterocycles. The van der Waals surface area contributed by atoms with Crippen LogP contribution in [-0.4, -0.2) is 23.3 Å². The van der Waals surface area contributed by atoms with E-state index < -0.39 is 11.8 Å². The molecule has 0 atom stereocenters. The molecule has 5 heteroatoms. The Hall–Kier alpha value is -2.15. The molecular formula is C18H14INO3. The monoisotopic (exact) mass is 419 g/mol. The number of carbonyl (C=O) groups excluding carboxylic acids is 2. The quantitative estimate of drug-likeness (QED) is 0.297. The minimum Gasteiger partial charge on any atom is -0.459 e. The summed E-state index contributed by atoms with van der Waals surface area (Å²) in [6.45, 7) is 0.188. The van der Waals surface area contributed by atoms with Gasteiger partial charge in [0.05, 0.1) is 12.2 Å². The van der Waals surface area contributed by atoms with Crippen molar-refractivity contribution in [3.05, 3.63) is 69.4 Å². The smallest absolute Gasteiger partial charge is 0.379 e. The number of rotatable bonds is 5. The van der Waals surface area contributed by atoms with Crippen molar-refractivity contribution in [1.29, 1.82) is 0 Å². The first-order chi connectivity index (χ1) is 11.1. The molecule has 116 valence electrons. The van der Waals surface area contributed by atoms with Gasteiger partial charge in [0.15, 0.2) is 0 Å². The summed E-state index contributed by atoms with van der Waals surface area (Å²) >= 11 is 2.23. The van der Waals surface area contributed by atoms with Crippen LogP contribution in [0.5, 0.6) is 0 Å². The first kappa shape index (κ1) is 15.7. The fourth-order valence-electron chi connectivity index (χ4n) is 2.35. The molecule has 0 spiro atoms. The summed E-state index contributed by atoms with van der Waals surface area (Å²) in [4.78, 5) is 27.1. The van der Waals surface area contributed by atoms with Crippen LogP contribution >= 0.6 is 22.6 Å². The number of nitrogens with one attached hydrogen (secondary N) is 1. The molecule has 23 heavy (non-hydrogen) atoms. The zero-order valence-corrected chi connectivity index (χ0v) is 14.4. The summed E-state index contributed by atoms with van der Waals surface area (Å²) in [7, 11) is 0. The number of hydrogen-bond acceptors (Lipinski definition) is 3. The number of benzene rings is 2. The number of fused-ring (bicyclic) bond motifs is 1. The van der Waals surface area contributed by atoms with Gasteiger partial charge in [-0.1, -0.05) is 30.3 Å². The standard InChI is InChI=1S/C18H14INO3/c19-13-7-5-12(6-8-13)9-10-23-18(22)17(21)15-11-20-16-4-2-1-3-14(15)16/h1-8,11,20H,9-10H2. The molecule has 3 aromatic rings. The number of carbonyl (C=O) groups is 2. The summed E-state index contributed by atoms with van der Waals surface area (Å²) in [5.41, 5.74) is 2.24. The molecule has 0 unspecified atom stereocenters. The Morgan fingerprint density at radius 3 is 2.57 bits per heavy atom. The van der Waals surface area contributed by atoms with E-state index >= 15 is 0 Å². The van der Waals surface area contributed by atoms with Gasteiger partial charge in [0, 0.05) is 27.1 Å². The number of hydrogen-bond donors (Lipinski definition) is 1. The number of ketones is 1. The molecule has 0 fully saturated rings. The molecule has 0 aliphatic heterocycles. The van der Waals surface area contributed by atoms with E-state index in [1.54, 1.807) is 12.3 Å². The Balaban J connectivity index is 1.61. The topological polar surface area (TPSA) is 59.2 Å². The van der Waals surface area contributed by atoms with Gasteiger partial charge in [-0.25, -0.2) is 4.79 Å². The van der Waals surface area contributed by atoms with Gasteiger partial charge in [-0.05, 0) is 46.4 Å². The van der Waals surface area contributed by atoms with E-state index in [2.05, 4.69) is 27.6 Å². The molecule has 1 heterocycles. The van der Waals surface area contributed by atoms with Crippen molar-refractivity contribution in [3.63, 3.8) is 0 Å². The second-order valence-corrected chi connectivity index (χ2v) is 6.34. The van der Waals surface area contributed by atoms with Crippen LogP contribution in [0.3, 0.4) is 0 Å². The average Bonchev–Trinajstić information content (AvgIpc) is 3.00. The molecule has 1 aromatic heterocycles. The fraction of sp³-hybridized carbons (Fsp3) is 0.111. The average molecular weight is 419 g/mol. The molecule has 1 N–H and O–H groups in total. The van der Waals surface area contributed by atoms with Crippen LogP contribution < -0.4 is 0 Å². The van der Waals surface area contributed by atoms with Crippen LogP contribution in [0.2, 0.25) is 0 Å². The van der Waals surface area contributed by atoms with Crippen LogP contribution in [0.15, 0.2) is 54.7 Å². The van der Waals surface area contributed by atoms with Crippen LogP contribution in [-0.2, 0) is 16.0 Å². The van der Waals surface area contributed by atoms with Gasteiger partial charge in [-0.15, -0.1) is 0 Å². The van der Waals surface area contributed by atoms with Crippen LogP contribution in [0.4, 0.5) is 0 Å². The van der Waals surface area contributed by atoms with Gasteiger partial charge in [0.1, 0.15) is 0 Å². The summed E-state index contributed by atoms with van der Waals surface area (Å²) in [6, 6.07) is 15.3. The maximum Gasteiger partial charge on any atom is 0.379 e. The molecule has 0 radical (unpaired) electrons. The summed E-state index contributed by atoms with van der Waals surface area (Å²) in [5, 5.41) is 0.729. The predicted molar refractivity (Wildman–Crippen MR) is 96.5 cm³/mol. The lowest BCUT2D eigenvalue weighted by Gasteiger charge is -2.04. The first-order valence-electron chi connectivity index (χ1n) is 7.17. The molecule has 3 rings (SSSR count). The Labute approximate surface area is 147 Å². The van der Waals surface area contributed by atoms with Crippen molar-refractivity contribution in [3.8, 4) is 0 Å². The van der Waals surface area contributed by atoms with E-state index in [0.717, 1.165) is 20.0 Å². The molecule has 0 bridgehead atoms. The maximum atomic E-state index is 12.2. The number of para-hydroxylation sites is 1. The highest BCUT2D eigenvalue weighted by atomic mass is 127. The van der Waals surface area contributed by atoms with E-state index in [1.165, 1.54) is 0 Å². The lowest BCUT2D eigenvalue weighted by molar-refractivity contribution is -0.138. The van der Waals surface area contributed by atoms with Crippen LogP contribution in [0.25, 0.3) is 10.9 Å². The number of H-pyrrole nitrogens is 1. The van der Waals surface area contributed by atoms with E-state index in [4.69, 9.17) is 4.74 Å². The van der Waals surface area contributed by atoms with Crippen molar-refractivity contribution >= 4 is 45.2 Å². The fourth-order valence-corrected chi connectivity index (χ4v) is 2.71. The SMILES string of the molecule is O=C(OCCc1ccc(I)cc1)C(=O)c1c[nH]c2ccccc12. The predicted octanol–water partition coefficient (Wildman–Crippen LogP) is 3.74. The first-order valence-corrected chi connectivity index (χ1v) is 8.25. The van der Waals surface area contributed by atoms with E-state index in [9.17, 15) is 9.59 Å². The second kappa shape index (κ2) is 6.95. The van der Waals surface area contributed by atoms with Gasteiger partial charge in [0.25, 0.3) is 5.78 Å². The Bertz CT molecular complexity index is 852. The lowest BCUT2D eigenvalue weighted by Crippen LogP contribution is -2.18. The molecule has 0 saturated carbocycles. The third kappa shape index (κ3) is 3.61. The number of esters is 1. The Morgan fingerprint density at radius 1 is 1.04 bits per heavy atom. The summed E-state index contributed by atoms with van der Waals surface area (Å²) < 4.78 is 6.26. The normalized spacial score (nSPS) is 10.7. The Kier molecular flexibility index (Phi) is 4.76.